The lowest BCUT2D eigenvalue weighted by Crippen LogP contribution is -2.15. The molecule has 2 rings (SSSR count). The van der Waals surface area contributed by atoms with Crippen molar-refractivity contribution in [2.24, 2.45) is 0 Å². The van der Waals surface area contributed by atoms with E-state index in [0.29, 0.717) is 24.8 Å². The Kier molecular flexibility index (Phi) is 6.42. The molecule has 1 N–H and O–H groups in total. The van der Waals surface area contributed by atoms with Gasteiger partial charge in [-0.3, -0.25) is 4.79 Å². The van der Waals surface area contributed by atoms with E-state index in [9.17, 15) is 23.2 Å². The molecule has 1 aromatic heterocycles. The smallest absolute Gasteiger partial charge is 0.266 e. The molecule has 0 aliphatic carbocycles. The summed E-state index contributed by atoms with van der Waals surface area (Å²) >= 11 is 0. The van der Waals surface area contributed by atoms with Crippen LogP contribution >= 0.6 is 0 Å². The Balaban J connectivity index is 2.30. The second-order valence-electron chi connectivity index (χ2n) is 5.82. The Labute approximate surface area is 154 Å². The molecule has 1 heterocycles. The van der Waals surface area contributed by atoms with Crippen molar-refractivity contribution in [3.8, 4) is 6.07 Å². The lowest BCUT2D eigenvalue weighted by Gasteiger charge is -2.08. The second kappa shape index (κ2) is 8.56. The van der Waals surface area contributed by atoms with Gasteiger partial charge in [-0.15, -0.1) is 0 Å². The summed E-state index contributed by atoms with van der Waals surface area (Å²) in [6.07, 6.45) is 1.36. The fraction of sp³-hybridized carbons (Fsp3) is 0.263. The number of anilines is 1. The van der Waals surface area contributed by atoms with Crippen LogP contribution in [-0.2, 0) is 16.1 Å². The van der Waals surface area contributed by atoms with Crippen molar-refractivity contribution < 1.29 is 22.7 Å². The first-order chi connectivity index (χ1) is 12.8. The number of halogens is 3. The molecule has 0 fully saturated rings. The van der Waals surface area contributed by atoms with Gasteiger partial charge in [0.25, 0.3) is 5.91 Å². The summed E-state index contributed by atoms with van der Waals surface area (Å²) < 4.78 is 47.0. The number of hydrogen-bond donors (Lipinski definition) is 1. The predicted octanol–water partition coefficient (Wildman–Crippen LogP) is 3.71. The van der Waals surface area contributed by atoms with Crippen LogP contribution < -0.4 is 5.32 Å². The maximum absolute atomic E-state index is 13.7. The SMILES string of the molecule is COCCn1c(C)cc(/C=C(\C#N)C(=O)Nc2ccc(F)c(F)c2F)c1C. The van der Waals surface area contributed by atoms with Crippen LogP contribution in [0.25, 0.3) is 6.08 Å². The molecular formula is C19H18F3N3O2. The van der Waals surface area contributed by atoms with Gasteiger partial charge in [-0.1, -0.05) is 0 Å². The van der Waals surface area contributed by atoms with Crippen LogP contribution in [0, 0.1) is 42.6 Å². The Morgan fingerprint density at radius 1 is 1.30 bits per heavy atom. The minimum atomic E-state index is -1.70. The number of methoxy groups -OCH3 is 1. The maximum Gasteiger partial charge on any atom is 0.266 e. The molecule has 2 aromatic rings. The monoisotopic (exact) mass is 377 g/mol. The van der Waals surface area contributed by atoms with Crippen molar-refractivity contribution in [3.05, 3.63) is 58.2 Å². The highest BCUT2D eigenvalue weighted by atomic mass is 19.2. The van der Waals surface area contributed by atoms with E-state index in [1.165, 1.54) is 6.08 Å². The topological polar surface area (TPSA) is 67.0 Å². The third-order valence-corrected chi connectivity index (χ3v) is 4.08. The van der Waals surface area contributed by atoms with Gasteiger partial charge in [-0.25, -0.2) is 13.2 Å². The van der Waals surface area contributed by atoms with Crippen LogP contribution in [-0.4, -0.2) is 24.2 Å². The zero-order valence-electron chi connectivity index (χ0n) is 15.1. The molecule has 0 spiro atoms. The number of nitrogens with one attached hydrogen (secondary N) is 1. The van der Waals surface area contributed by atoms with Crippen molar-refractivity contribution in [1.82, 2.24) is 4.57 Å². The molecule has 0 atom stereocenters. The van der Waals surface area contributed by atoms with Crippen molar-refractivity contribution in [1.29, 1.82) is 5.26 Å². The third-order valence-electron chi connectivity index (χ3n) is 4.08. The highest BCUT2D eigenvalue weighted by Gasteiger charge is 2.18. The number of carbonyl (C=O) groups is 1. The first-order valence-corrected chi connectivity index (χ1v) is 8.02. The van der Waals surface area contributed by atoms with E-state index in [0.717, 1.165) is 17.5 Å². The summed E-state index contributed by atoms with van der Waals surface area (Å²) in [6, 6.07) is 5.11. The first-order valence-electron chi connectivity index (χ1n) is 8.02. The van der Waals surface area contributed by atoms with Gasteiger partial charge in [-0.2, -0.15) is 5.26 Å². The second-order valence-corrected chi connectivity index (χ2v) is 5.82. The van der Waals surface area contributed by atoms with Gasteiger partial charge in [0.2, 0.25) is 0 Å². The Morgan fingerprint density at radius 2 is 2.00 bits per heavy atom. The highest BCUT2D eigenvalue weighted by Crippen LogP contribution is 2.22. The molecule has 0 aliphatic heterocycles. The summed E-state index contributed by atoms with van der Waals surface area (Å²) in [4.78, 5) is 12.3. The molecule has 142 valence electrons. The van der Waals surface area contributed by atoms with Crippen molar-refractivity contribution in [3.63, 3.8) is 0 Å². The van der Waals surface area contributed by atoms with Gasteiger partial charge in [0.05, 0.1) is 12.3 Å². The van der Waals surface area contributed by atoms with E-state index in [-0.39, 0.29) is 5.57 Å². The summed E-state index contributed by atoms with van der Waals surface area (Å²) in [7, 11) is 1.59. The van der Waals surface area contributed by atoms with E-state index in [1.54, 1.807) is 19.2 Å². The number of nitrogens with zero attached hydrogens (tertiary/aromatic N) is 2. The highest BCUT2D eigenvalue weighted by molar-refractivity contribution is 6.09. The number of amides is 1. The number of aryl methyl sites for hydroxylation is 1. The number of benzene rings is 1. The predicted molar refractivity (Wildman–Crippen MR) is 94.3 cm³/mol. The molecule has 1 aromatic carbocycles. The molecule has 0 saturated carbocycles. The Morgan fingerprint density at radius 3 is 2.63 bits per heavy atom. The fourth-order valence-electron chi connectivity index (χ4n) is 2.62. The molecule has 27 heavy (non-hydrogen) atoms. The van der Waals surface area contributed by atoms with E-state index in [1.807, 2.05) is 18.4 Å². The summed E-state index contributed by atoms with van der Waals surface area (Å²) in [5.74, 6) is -5.52. The number of carbonyl (C=O) groups excluding carboxylic acids is 1. The Hall–Kier alpha value is -3.05. The van der Waals surface area contributed by atoms with Crippen LogP contribution in [0.3, 0.4) is 0 Å². The quantitative estimate of drug-likeness (QED) is 0.474. The van der Waals surface area contributed by atoms with Crippen molar-refractivity contribution >= 4 is 17.7 Å². The van der Waals surface area contributed by atoms with Crippen molar-refractivity contribution in [2.45, 2.75) is 20.4 Å². The van der Waals surface area contributed by atoms with Gasteiger partial charge >= 0.3 is 0 Å². The molecule has 0 saturated heterocycles. The number of ether oxygens (including phenoxy) is 1. The van der Waals surface area contributed by atoms with Crippen LogP contribution in [0.15, 0.2) is 23.8 Å². The first kappa shape index (κ1) is 20.3. The van der Waals surface area contributed by atoms with E-state index >= 15 is 0 Å². The van der Waals surface area contributed by atoms with Gasteiger partial charge in [-0.05, 0) is 43.7 Å². The number of nitriles is 1. The standard InChI is InChI=1S/C19H18F3N3O2/c1-11-8-13(12(2)25(11)6-7-27-3)9-14(10-23)19(26)24-16-5-4-15(20)17(21)18(16)22/h4-5,8-9H,6-7H2,1-3H3,(H,24,26)/b14-9+. The minimum Gasteiger partial charge on any atom is -0.383 e. The number of rotatable bonds is 6. The molecular weight excluding hydrogens is 359 g/mol. The van der Waals surface area contributed by atoms with Gasteiger partial charge in [0.15, 0.2) is 17.5 Å². The van der Waals surface area contributed by atoms with Crippen LogP contribution in [0.2, 0.25) is 0 Å². The molecule has 5 nitrogen and oxygen atoms in total. The summed E-state index contributed by atoms with van der Waals surface area (Å²) in [5.41, 5.74) is 1.53. The Bertz CT molecular complexity index is 943. The van der Waals surface area contributed by atoms with Gasteiger partial charge < -0.3 is 14.6 Å². The third kappa shape index (κ3) is 4.38. The van der Waals surface area contributed by atoms with Crippen LogP contribution in [0.1, 0.15) is 17.0 Å². The van der Waals surface area contributed by atoms with E-state index in [2.05, 4.69) is 5.32 Å². The summed E-state index contributed by atoms with van der Waals surface area (Å²) in [6.45, 7) is 4.82. The minimum absolute atomic E-state index is 0.300. The normalized spacial score (nSPS) is 11.4. The molecule has 0 bridgehead atoms. The van der Waals surface area contributed by atoms with Gasteiger partial charge in [0.1, 0.15) is 11.6 Å². The van der Waals surface area contributed by atoms with E-state index in [4.69, 9.17) is 4.74 Å². The van der Waals surface area contributed by atoms with Crippen LogP contribution in [0.4, 0.5) is 18.9 Å². The zero-order valence-corrected chi connectivity index (χ0v) is 15.1. The van der Waals surface area contributed by atoms with Gasteiger partial charge in [0, 0.05) is 25.0 Å². The lowest BCUT2D eigenvalue weighted by molar-refractivity contribution is -0.112. The van der Waals surface area contributed by atoms with Crippen LogP contribution in [0.5, 0.6) is 0 Å². The molecule has 0 radical (unpaired) electrons. The number of aromatic nitrogens is 1. The molecule has 1 amide bonds. The molecule has 8 heteroatoms. The summed E-state index contributed by atoms with van der Waals surface area (Å²) in [5, 5.41) is 11.4. The average Bonchev–Trinajstić information content (AvgIpc) is 2.91. The van der Waals surface area contributed by atoms with Crippen molar-refractivity contribution in [2.75, 3.05) is 19.0 Å². The van der Waals surface area contributed by atoms with E-state index < -0.39 is 29.0 Å². The largest absolute Gasteiger partial charge is 0.383 e. The average molecular weight is 377 g/mol. The molecule has 0 aliphatic rings. The lowest BCUT2D eigenvalue weighted by atomic mass is 10.1. The maximum atomic E-state index is 13.7. The molecule has 0 unspecified atom stereocenters. The fourth-order valence-corrected chi connectivity index (χ4v) is 2.62. The number of hydrogen-bond acceptors (Lipinski definition) is 3. The zero-order chi connectivity index (χ0) is 20.1.